The lowest BCUT2D eigenvalue weighted by atomic mass is 10.1. The van der Waals surface area contributed by atoms with E-state index in [1.165, 1.54) is 6.20 Å². The fraction of sp³-hybridized carbons (Fsp3) is 0.400. The summed E-state index contributed by atoms with van der Waals surface area (Å²) >= 11 is 0. The molecule has 4 rings (SSSR count). The zero-order valence-electron chi connectivity index (χ0n) is 15.8. The van der Waals surface area contributed by atoms with Gasteiger partial charge in [0, 0.05) is 36.5 Å². The van der Waals surface area contributed by atoms with Gasteiger partial charge >= 0.3 is 0 Å². The first-order valence-electron chi connectivity index (χ1n) is 9.44. The highest BCUT2D eigenvalue weighted by Gasteiger charge is 2.27. The van der Waals surface area contributed by atoms with Gasteiger partial charge in [0.15, 0.2) is 0 Å². The minimum Gasteiger partial charge on any atom is -0.383 e. The Labute approximate surface area is 163 Å². The van der Waals surface area contributed by atoms with Crippen molar-refractivity contribution in [1.82, 2.24) is 14.9 Å². The number of carbonyl (C=O) groups excluding carboxylic acids is 2. The summed E-state index contributed by atoms with van der Waals surface area (Å²) in [7, 11) is 0. The van der Waals surface area contributed by atoms with Gasteiger partial charge in [-0.2, -0.15) is 0 Å². The fourth-order valence-electron chi connectivity index (χ4n) is 3.19. The maximum absolute atomic E-state index is 12.8. The minimum absolute atomic E-state index is 0.0615. The van der Waals surface area contributed by atoms with Gasteiger partial charge in [0.1, 0.15) is 17.2 Å². The van der Waals surface area contributed by atoms with E-state index in [0.29, 0.717) is 49.3 Å². The number of nitrogens with zero attached hydrogens (tertiary/aromatic N) is 3. The molecule has 1 saturated heterocycles. The van der Waals surface area contributed by atoms with Crippen LogP contribution in [0.15, 0.2) is 24.4 Å². The Morgan fingerprint density at radius 1 is 1.21 bits per heavy atom. The van der Waals surface area contributed by atoms with Crippen LogP contribution in [0, 0.1) is 6.92 Å². The Morgan fingerprint density at radius 2 is 1.96 bits per heavy atom. The maximum Gasteiger partial charge on any atom is 0.260 e. The standard InChI is InChI=1S/C20H23N5O3/c1-12-2-5-14(10-15(12)20(27)25-6-8-28-9-7-25)23-19(26)16-11-22-18(13-3-4-13)24-17(16)21/h2,5,10-11,13H,3-4,6-9H2,1H3,(H,23,26)(H2,21,22,24). The van der Waals surface area contributed by atoms with Crippen molar-refractivity contribution >= 4 is 23.3 Å². The molecule has 1 saturated carbocycles. The number of hydrogen-bond donors (Lipinski definition) is 2. The van der Waals surface area contributed by atoms with E-state index in [1.807, 2.05) is 13.0 Å². The molecule has 0 bridgehead atoms. The average molecular weight is 381 g/mol. The summed E-state index contributed by atoms with van der Waals surface area (Å²) in [5, 5.41) is 2.79. The number of anilines is 2. The third-order valence-corrected chi connectivity index (χ3v) is 5.05. The Bertz CT molecular complexity index is 920. The quantitative estimate of drug-likeness (QED) is 0.838. The van der Waals surface area contributed by atoms with E-state index in [-0.39, 0.29) is 17.3 Å². The number of nitrogen functional groups attached to an aromatic ring is 1. The van der Waals surface area contributed by atoms with Crippen molar-refractivity contribution < 1.29 is 14.3 Å². The molecule has 2 aromatic rings. The zero-order valence-corrected chi connectivity index (χ0v) is 15.8. The molecule has 1 aromatic carbocycles. The van der Waals surface area contributed by atoms with Crippen LogP contribution in [0.1, 0.15) is 50.9 Å². The van der Waals surface area contributed by atoms with Crippen molar-refractivity contribution in [2.45, 2.75) is 25.7 Å². The van der Waals surface area contributed by atoms with E-state index in [2.05, 4.69) is 15.3 Å². The van der Waals surface area contributed by atoms with E-state index in [0.717, 1.165) is 18.4 Å². The number of benzene rings is 1. The van der Waals surface area contributed by atoms with Crippen molar-refractivity contribution in [1.29, 1.82) is 0 Å². The molecule has 28 heavy (non-hydrogen) atoms. The maximum atomic E-state index is 12.8. The largest absolute Gasteiger partial charge is 0.383 e. The number of hydrogen-bond acceptors (Lipinski definition) is 6. The number of rotatable bonds is 4. The molecule has 2 heterocycles. The molecule has 1 aliphatic heterocycles. The highest BCUT2D eigenvalue weighted by molar-refractivity contribution is 6.07. The molecule has 2 aliphatic rings. The van der Waals surface area contributed by atoms with E-state index < -0.39 is 5.91 Å². The molecule has 2 fully saturated rings. The lowest BCUT2D eigenvalue weighted by molar-refractivity contribution is 0.0302. The van der Waals surface area contributed by atoms with Gasteiger partial charge in [0.25, 0.3) is 11.8 Å². The molecule has 0 unspecified atom stereocenters. The van der Waals surface area contributed by atoms with Crippen LogP contribution in [-0.4, -0.2) is 53.0 Å². The fourth-order valence-corrected chi connectivity index (χ4v) is 3.19. The number of aryl methyl sites for hydroxylation is 1. The Hall–Kier alpha value is -3.00. The first-order valence-corrected chi connectivity index (χ1v) is 9.44. The van der Waals surface area contributed by atoms with E-state index in [9.17, 15) is 9.59 Å². The van der Waals surface area contributed by atoms with Gasteiger partial charge < -0.3 is 20.7 Å². The SMILES string of the molecule is Cc1ccc(NC(=O)c2cnc(C3CC3)nc2N)cc1C(=O)N1CCOCC1. The summed E-state index contributed by atoms with van der Waals surface area (Å²) in [6.45, 7) is 4.09. The van der Waals surface area contributed by atoms with E-state index in [4.69, 9.17) is 10.5 Å². The Morgan fingerprint density at radius 3 is 2.64 bits per heavy atom. The van der Waals surface area contributed by atoms with Gasteiger partial charge in [-0.15, -0.1) is 0 Å². The first kappa shape index (κ1) is 18.4. The van der Waals surface area contributed by atoms with Crippen molar-refractivity contribution in [2.75, 3.05) is 37.4 Å². The molecule has 0 radical (unpaired) electrons. The lowest BCUT2D eigenvalue weighted by Crippen LogP contribution is -2.41. The third-order valence-electron chi connectivity index (χ3n) is 5.05. The van der Waals surface area contributed by atoms with E-state index >= 15 is 0 Å². The van der Waals surface area contributed by atoms with Crippen molar-refractivity contribution in [3.8, 4) is 0 Å². The normalized spacial score (nSPS) is 16.7. The topological polar surface area (TPSA) is 110 Å². The molecule has 8 nitrogen and oxygen atoms in total. The average Bonchev–Trinajstić information content (AvgIpc) is 3.55. The lowest BCUT2D eigenvalue weighted by Gasteiger charge is -2.27. The molecule has 1 aliphatic carbocycles. The second-order valence-corrected chi connectivity index (χ2v) is 7.19. The zero-order chi connectivity index (χ0) is 19.7. The molecule has 2 amide bonds. The molecule has 1 aromatic heterocycles. The summed E-state index contributed by atoms with van der Waals surface area (Å²) in [5.74, 6) is 0.779. The molecule has 3 N–H and O–H groups in total. The van der Waals surface area contributed by atoms with Crippen LogP contribution < -0.4 is 11.1 Å². The van der Waals surface area contributed by atoms with Gasteiger partial charge in [-0.05, 0) is 37.5 Å². The van der Waals surface area contributed by atoms with Gasteiger partial charge in [0.05, 0.1) is 13.2 Å². The van der Waals surface area contributed by atoms with Crippen LogP contribution in [0.2, 0.25) is 0 Å². The van der Waals surface area contributed by atoms with Crippen molar-refractivity contribution in [2.24, 2.45) is 0 Å². The van der Waals surface area contributed by atoms with Gasteiger partial charge in [-0.25, -0.2) is 9.97 Å². The second kappa shape index (κ2) is 7.55. The summed E-state index contributed by atoms with van der Waals surface area (Å²) in [5.41, 5.74) is 8.13. The molecule has 0 spiro atoms. The molecule has 8 heteroatoms. The van der Waals surface area contributed by atoms with Crippen LogP contribution in [0.3, 0.4) is 0 Å². The molecule has 0 atom stereocenters. The van der Waals surface area contributed by atoms with Crippen LogP contribution in [0.4, 0.5) is 11.5 Å². The van der Waals surface area contributed by atoms with Gasteiger partial charge in [0.2, 0.25) is 0 Å². The number of ether oxygens (including phenoxy) is 1. The summed E-state index contributed by atoms with van der Waals surface area (Å²) < 4.78 is 5.30. The second-order valence-electron chi connectivity index (χ2n) is 7.19. The molecule has 146 valence electrons. The summed E-state index contributed by atoms with van der Waals surface area (Å²) in [6, 6.07) is 5.28. The monoisotopic (exact) mass is 381 g/mol. The van der Waals surface area contributed by atoms with Crippen molar-refractivity contribution in [3.63, 3.8) is 0 Å². The van der Waals surface area contributed by atoms with Crippen LogP contribution in [0.5, 0.6) is 0 Å². The first-order chi connectivity index (χ1) is 13.5. The molecular formula is C20H23N5O3. The highest BCUT2D eigenvalue weighted by atomic mass is 16.5. The van der Waals surface area contributed by atoms with Gasteiger partial charge in [-0.3, -0.25) is 9.59 Å². The number of morpholine rings is 1. The van der Waals surface area contributed by atoms with E-state index in [1.54, 1.807) is 17.0 Å². The minimum atomic E-state index is -0.395. The number of nitrogens with one attached hydrogen (secondary N) is 1. The number of amides is 2. The van der Waals surface area contributed by atoms with Gasteiger partial charge in [-0.1, -0.05) is 6.07 Å². The summed E-state index contributed by atoms with van der Waals surface area (Å²) in [4.78, 5) is 35.7. The van der Waals surface area contributed by atoms with Crippen LogP contribution in [0.25, 0.3) is 0 Å². The van der Waals surface area contributed by atoms with Crippen LogP contribution >= 0.6 is 0 Å². The third kappa shape index (κ3) is 3.82. The number of aromatic nitrogens is 2. The predicted molar refractivity (Wildman–Crippen MR) is 104 cm³/mol. The number of nitrogens with two attached hydrogens (primary N) is 1. The van der Waals surface area contributed by atoms with Crippen LogP contribution in [-0.2, 0) is 4.74 Å². The predicted octanol–water partition coefficient (Wildman–Crippen LogP) is 1.97. The Balaban J connectivity index is 1.51. The number of carbonyl (C=O) groups is 2. The smallest absolute Gasteiger partial charge is 0.260 e. The molecular weight excluding hydrogens is 358 g/mol. The Kier molecular flexibility index (Phi) is 4.95. The highest BCUT2D eigenvalue weighted by Crippen LogP contribution is 2.38. The summed E-state index contributed by atoms with van der Waals surface area (Å²) in [6.07, 6.45) is 3.60. The van der Waals surface area contributed by atoms with Crippen molar-refractivity contribution in [3.05, 3.63) is 46.9 Å².